The lowest BCUT2D eigenvalue weighted by atomic mass is 9.78. The first-order valence-electron chi connectivity index (χ1n) is 8.06. The third-order valence-electron chi connectivity index (χ3n) is 3.90. The molecule has 1 aliphatic rings. The van der Waals surface area contributed by atoms with Gasteiger partial charge in [0.25, 0.3) is 0 Å². The topological polar surface area (TPSA) is 112 Å². The van der Waals surface area contributed by atoms with Gasteiger partial charge in [0.15, 0.2) is 5.92 Å². The van der Waals surface area contributed by atoms with Gasteiger partial charge in [-0.05, 0) is 38.5 Å². The number of fused-ring (bicyclic) bond motifs is 1. The summed E-state index contributed by atoms with van der Waals surface area (Å²) in [4.78, 5) is 24.8. The lowest BCUT2D eigenvalue weighted by molar-refractivity contribution is -0.146. The van der Waals surface area contributed by atoms with Gasteiger partial charge in [0.2, 0.25) is 5.88 Å². The molecule has 138 valence electrons. The summed E-state index contributed by atoms with van der Waals surface area (Å²) in [5, 5.41) is 9.99. The Balaban J connectivity index is 2.70. The first-order valence-corrected chi connectivity index (χ1v) is 8.44. The predicted octanol–water partition coefficient (Wildman–Crippen LogP) is 2.56. The van der Waals surface area contributed by atoms with Crippen LogP contribution >= 0.6 is 11.6 Å². The summed E-state index contributed by atoms with van der Waals surface area (Å²) < 4.78 is 15.6. The number of esters is 2. The number of benzene rings is 1. The van der Waals surface area contributed by atoms with Gasteiger partial charge in [-0.1, -0.05) is 11.6 Å². The predicted molar refractivity (Wildman–Crippen MR) is 93.1 cm³/mol. The summed E-state index contributed by atoms with van der Waals surface area (Å²) in [5.41, 5.74) is 6.92. The van der Waals surface area contributed by atoms with Gasteiger partial charge in [-0.3, -0.25) is 4.79 Å². The van der Waals surface area contributed by atoms with Crippen molar-refractivity contribution in [1.82, 2.24) is 0 Å². The van der Waals surface area contributed by atoms with Crippen molar-refractivity contribution in [2.45, 2.75) is 26.7 Å². The van der Waals surface area contributed by atoms with Gasteiger partial charge in [0.05, 0.1) is 25.2 Å². The molecule has 2 rings (SSSR count). The number of nitrogens with two attached hydrogens (primary N) is 1. The monoisotopic (exact) mass is 378 g/mol. The van der Waals surface area contributed by atoms with Crippen LogP contribution < -0.4 is 10.5 Å². The van der Waals surface area contributed by atoms with E-state index in [2.05, 4.69) is 0 Å². The summed E-state index contributed by atoms with van der Waals surface area (Å²) in [6.45, 7) is 5.20. The number of rotatable bonds is 5. The molecule has 26 heavy (non-hydrogen) atoms. The summed E-state index contributed by atoms with van der Waals surface area (Å²) in [6.07, 6.45) is 0. The molecular weight excluding hydrogens is 360 g/mol. The average molecular weight is 379 g/mol. The van der Waals surface area contributed by atoms with E-state index in [4.69, 9.17) is 31.5 Å². The zero-order valence-corrected chi connectivity index (χ0v) is 15.4. The van der Waals surface area contributed by atoms with E-state index in [9.17, 15) is 14.9 Å². The number of hydrogen-bond donors (Lipinski definition) is 1. The quantitative estimate of drug-likeness (QED) is 0.783. The molecule has 0 saturated carbocycles. The number of nitrogens with zero attached hydrogens (tertiary/aromatic N) is 1. The zero-order valence-electron chi connectivity index (χ0n) is 14.7. The second-order valence-electron chi connectivity index (χ2n) is 5.58. The van der Waals surface area contributed by atoms with E-state index in [1.807, 2.05) is 6.07 Å². The van der Waals surface area contributed by atoms with Crippen LogP contribution in [0, 0.1) is 24.2 Å². The fraction of sp³-hybridized carbons (Fsp3) is 0.389. The average Bonchev–Trinajstić information content (AvgIpc) is 2.56. The normalized spacial score (nSPS) is 16.8. The molecule has 0 unspecified atom stereocenters. The van der Waals surface area contributed by atoms with Crippen LogP contribution in [0.3, 0.4) is 0 Å². The number of carbonyl (C=O) groups is 2. The lowest BCUT2D eigenvalue weighted by Crippen LogP contribution is -2.34. The Morgan fingerprint density at radius 3 is 2.58 bits per heavy atom. The maximum absolute atomic E-state index is 12.5. The standard InChI is InChI=1S/C18H19ClN2O5/c1-4-24-17(22)12(8-20)13-11-7-10(19)6-9(3)15(11)26-16(21)14(13)18(23)25-5-2/h6-7,12-13H,4-5,21H2,1-3H3/t12-,13+/m1/s1. The van der Waals surface area contributed by atoms with Gasteiger partial charge < -0.3 is 19.9 Å². The molecule has 2 atom stereocenters. The van der Waals surface area contributed by atoms with Gasteiger partial charge in [0, 0.05) is 10.6 Å². The third kappa shape index (κ3) is 3.60. The van der Waals surface area contributed by atoms with Crippen LogP contribution in [0.2, 0.25) is 5.02 Å². The Bertz CT molecular complexity index is 813. The lowest BCUT2D eigenvalue weighted by Gasteiger charge is -2.30. The van der Waals surface area contributed by atoms with Gasteiger partial charge in [0.1, 0.15) is 11.3 Å². The highest BCUT2D eigenvalue weighted by Crippen LogP contribution is 2.45. The smallest absolute Gasteiger partial charge is 0.340 e. The van der Waals surface area contributed by atoms with Crippen LogP contribution in [0.25, 0.3) is 0 Å². The minimum Gasteiger partial charge on any atom is -0.465 e. The van der Waals surface area contributed by atoms with E-state index < -0.39 is 23.8 Å². The summed E-state index contributed by atoms with van der Waals surface area (Å²) in [5.74, 6) is -3.71. The van der Waals surface area contributed by atoms with Crippen LogP contribution in [0.15, 0.2) is 23.6 Å². The van der Waals surface area contributed by atoms with E-state index >= 15 is 0 Å². The number of ether oxygens (including phenoxy) is 3. The molecule has 1 heterocycles. The number of halogens is 1. The summed E-state index contributed by atoms with van der Waals surface area (Å²) in [6, 6.07) is 5.12. The van der Waals surface area contributed by atoms with Crippen molar-refractivity contribution in [3.05, 3.63) is 39.7 Å². The summed E-state index contributed by atoms with van der Waals surface area (Å²) in [7, 11) is 0. The second kappa shape index (κ2) is 8.11. The highest BCUT2D eigenvalue weighted by Gasteiger charge is 2.43. The molecule has 0 amide bonds. The Hall–Kier alpha value is -2.72. The molecule has 8 heteroatoms. The summed E-state index contributed by atoms with van der Waals surface area (Å²) >= 11 is 6.14. The molecule has 0 saturated heterocycles. The van der Waals surface area contributed by atoms with Crippen LogP contribution in [-0.2, 0) is 19.1 Å². The van der Waals surface area contributed by atoms with Crippen molar-refractivity contribution < 1.29 is 23.8 Å². The van der Waals surface area contributed by atoms with Crippen LogP contribution in [-0.4, -0.2) is 25.2 Å². The van der Waals surface area contributed by atoms with Crippen molar-refractivity contribution in [2.24, 2.45) is 11.7 Å². The van der Waals surface area contributed by atoms with Crippen LogP contribution in [0.4, 0.5) is 0 Å². The van der Waals surface area contributed by atoms with Crippen molar-refractivity contribution in [3.63, 3.8) is 0 Å². The van der Waals surface area contributed by atoms with Crippen LogP contribution in [0.1, 0.15) is 30.9 Å². The van der Waals surface area contributed by atoms with Crippen molar-refractivity contribution in [2.75, 3.05) is 13.2 Å². The number of carbonyl (C=O) groups excluding carboxylic acids is 2. The van der Waals surface area contributed by atoms with Crippen molar-refractivity contribution in [3.8, 4) is 11.8 Å². The van der Waals surface area contributed by atoms with E-state index in [1.54, 1.807) is 32.9 Å². The molecule has 0 spiro atoms. The Morgan fingerprint density at radius 2 is 2.00 bits per heavy atom. The number of hydrogen-bond acceptors (Lipinski definition) is 7. The second-order valence-corrected chi connectivity index (χ2v) is 6.01. The maximum Gasteiger partial charge on any atom is 0.340 e. The Labute approximate surface area is 156 Å². The molecule has 0 fully saturated rings. The Kier molecular flexibility index (Phi) is 6.11. The van der Waals surface area contributed by atoms with Gasteiger partial charge >= 0.3 is 11.9 Å². The SMILES string of the molecule is CCOC(=O)C1=C(N)Oc2c(C)cc(Cl)cc2[C@H]1[C@@H](C#N)C(=O)OCC. The molecule has 1 aromatic carbocycles. The molecule has 0 bridgehead atoms. The molecule has 2 N–H and O–H groups in total. The van der Waals surface area contributed by atoms with E-state index in [-0.39, 0.29) is 24.7 Å². The molecule has 0 radical (unpaired) electrons. The van der Waals surface area contributed by atoms with Crippen molar-refractivity contribution in [1.29, 1.82) is 5.26 Å². The van der Waals surface area contributed by atoms with Crippen LogP contribution in [0.5, 0.6) is 5.75 Å². The highest BCUT2D eigenvalue weighted by atomic mass is 35.5. The largest absolute Gasteiger partial charge is 0.465 e. The van der Waals surface area contributed by atoms with Crippen molar-refractivity contribution >= 4 is 23.5 Å². The number of aryl methyl sites for hydroxylation is 1. The van der Waals surface area contributed by atoms with Gasteiger partial charge in [-0.25, -0.2) is 4.79 Å². The van der Waals surface area contributed by atoms with E-state index in [0.717, 1.165) is 0 Å². The zero-order chi connectivity index (χ0) is 19.4. The molecular formula is C18H19ClN2O5. The first kappa shape index (κ1) is 19.6. The fourth-order valence-electron chi connectivity index (χ4n) is 2.88. The minimum absolute atomic E-state index is 0.0929. The fourth-order valence-corrected chi connectivity index (χ4v) is 3.16. The van der Waals surface area contributed by atoms with E-state index in [1.165, 1.54) is 0 Å². The number of nitriles is 1. The Morgan fingerprint density at radius 1 is 1.35 bits per heavy atom. The van der Waals surface area contributed by atoms with Gasteiger partial charge in [-0.15, -0.1) is 0 Å². The molecule has 7 nitrogen and oxygen atoms in total. The molecule has 0 aliphatic carbocycles. The maximum atomic E-state index is 12.5. The molecule has 0 aromatic heterocycles. The third-order valence-corrected chi connectivity index (χ3v) is 4.12. The highest BCUT2D eigenvalue weighted by molar-refractivity contribution is 6.30. The minimum atomic E-state index is -1.31. The van der Waals surface area contributed by atoms with Gasteiger partial charge in [-0.2, -0.15) is 5.26 Å². The molecule has 1 aliphatic heterocycles. The van der Waals surface area contributed by atoms with E-state index in [0.29, 0.717) is 21.9 Å². The molecule has 1 aromatic rings. The first-order chi connectivity index (χ1) is 12.3.